The second kappa shape index (κ2) is 16.3. The van der Waals surface area contributed by atoms with E-state index in [9.17, 15) is 15.0 Å². The van der Waals surface area contributed by atoms with E-state index in [4.69, 9.17) is 5.73 Å². The Labute approximate surface area is 237 Å². The van der Waals surface area contributed by atoms with Gasteiger partial charge >= 0.3 is 5.97 Å². The van der Waals surface area contributed by atoms with E-state index in [1.54, 1.807) is 6.92 Å². The van der Waals surface area contributed by atoms with E-state index in [1.165, 1.54) is 50.5 Å². The summed E-state index contributed by atoms with van der Waals surface area (Å²) in [5.41, 5.74) is 7.20. The van der Waals surface area contributed by atoms with Crippen LogP contribution in [0.15, 0.2) is 54.6 Å². The molecular formula is C34H54N2O3. The van der Waals surface area contributed by atoms with Gasteiger partial charge in [-0.25, -0.2) is 0 Å². The second-order valence-corrected chi connectivity index (χ2v) is 12.3. The van der Waals surface area contributed by atoms with Gasteiger partial charge in [0.15, 0.2) is 0 Å². The summed E-state index contributed by atoms with van der Waals surface area (Å²) in [6.07, 6.45) is 22.6. The third-order valence-electron chi connectivity index (χ3n) is 9.54. The van der Waals surface area contributed by atoms with Crippen molar-refractivity contribution in [1.82, 2.24) is 5.32 Å². The first kappa shape index (κ1) is 31.6. The average molecular weight is 539 g/mol. The van der Waals surface area contributed by atoms with Crippen molar-refractivity contribution in [2.45, 2.75) is 90.1 Å². The van der Waals surface area contributed by atoms with Gasteiger partial charge in [-0.2, -0.15) is 0 Å². The molecule has 2 aliphatic rings. The van der Waals surface area contributed by atoms with E-state index < -0.39 is 18.0 Å². The fourth-order valence-corrected chi connectivity index (χ4v) is 7.68. The standard InChI is InChI=1S/C34H54N2O3/c1-26(37)31(33(38)39)32-29(24-28-17-11-7-12-18-28)19-22-34(25-36-2,30(32)20-23-35)21-13-5-3-4-8-14-27-15-9-6-10-16-27/h3-4,7,11-12,17-19,22,26-27,29-32,36-37H,5-6,8-10,13-16,20-21,23-25,35H2,1-2H3,(H,38,39)/t26-,29-,30+,31+,32+,34+/m0/s1. The van der Waals surface area contributed by atoms with Crippen LogP contribution in [-0.4, -0.2) is 42.4 Å². The van der Waals surface area contributed by atoms with E-state index in [-0.39, 0.29) is 23.2 Å². The van der Waals surface area contributed by atoms with Crippen molar-refractivity contribution in [1.29, 1.82) is 0 Å². The number of benzene rings is 1. The summed E-state index contributed by atoms with van der Waals surface area (Å²) in [4.78, 5) is 12.6. The number of aliphatic hydroxyl groups excluding tert-OH is 1. The van der Waals surface area contributed by atoms with Crippen molar-refractivity contribution >= 4 is 5.97 Å². The van der Waals surface area contributed by atoms with Crippen LogP contribution in [0, 0.1) is 35.0 Å². The molecule has 39 heavy (non-hydrogen) atoms. The molecule has 6 atom stereocenters. The summed E-state index contributed by atoms with van der Waals surface area (Å²) in [7, 11) is 1.98. The van der Waals surface area contributed by atoms with Crippen molar-refractivity contribution < 1.29 is 15.0 Å². The van der Waals surface area contributed by atoms with Gasteiger partial charge in [-0.3, -0.25) is 4.79 Å². The maximum Gasteiger partial charge on any atom is 0.309 e. The molecule has 1 fully saturated rings. The van der Waals surface area contributed by atoms with E-state index >= 15 is 0 Å². The summed E-state index contributed by atoms with van der Waals surface area (Å²) < 4.78 is 0. The number of hydrogen-bond acceptors (Lipinski definition) is 4. The van der Waals surface area contributed by atoms with Gasteiger partial charge in [-0.15, -0.1) is 0 Å². The van der Waals surface area contributed by atoms with Gasteiger partial charge in [0.2, 0.25) is 0 Å². The van der Waals surface area contributed by atoms with Crippen LogP contribution >= 0.6 is 0 Å². The van der Waals surface area contributed by atoms with Gasteiger partial charge in [0.25, 0.3) is 0 Å². The molecule has 0 aliphatic heterocycles. The van der Waals surface area contributed by atoms with Gasteiger partial charge in [0.1, 0.15) is 0 Å². The van der Waals surface area contributed by atoms with E-state index in [2.05, 4.69) is 41.8 Å². The van der Waals surface area contributed by atoms with Gasteiger partial charge in [0, 0.05) is 12.0 Å². The first-order valence-electron chi connectivity index (χ1n) is 15.6. The van der Waals surface area contributed by atoms with E-state index in [1.807, 2.05) is 25.2 Å². The number of nitrogens with one attached hydrogen (secondary N) is 1. The van der Waals surface area contributed by atoms with Gasteiger partial charge < -0.3 is 21.3 Å². The molecule has 3 rings (SSSR count). The minimum atomic E-state index is -0.933. The molecule has 5 heteroatoms. The third-order valence-corrected chi connectivity index (χ3v) is 9.54. The highest BCUT2D eigenvalue weighted by molar-refractivity contribution is 5.71. The first-order valence-corrected chi connectivity index (χ1v) is 15.6. The van der Waals surface area contributed by atoms with E-state index in [0.717, 1.165) is 44.6 Å². The van der Waals surface area contributed by atoms with Crippen molar-refractivity contribution in [2.24, 2.45) is 40.7 Å². The summed E-state index contributed by atoms with van der Waals surface area (Å²) >= 11 is 0. The Morgan fingerprint density at radius 3 is 2.49 bits per heavy atom. The molecule has 0 unspecified atom stereocenters. The number of unbranched alkanes of at least 4 members (excludes halogenated alkanes) is 1. The molecule has 5 N–H and O–H groups in total. The SMILES string of the molecule is CNC[C@@]1(CCCC=CCCC2CCCCC2)C=C[C@@H](Cc2ccccc2)[C@@H]([C@H](C(=O)O)[C@H](C)O)[C@H]1CCN. The van der Waals surface area contributed by atoms with Crippen LogP contribution in [0.5, 0.6) is 0 Å². The lowest BCUT2D eigenvalue weighted by Gasteiger charge is -2.51. The predicted octanol–water partition coefficient (Wildman–Crippen LogP) is 6.37. The number of carboxylic acid groups (broad SMARTS) is 1. The van der Waals surface area contributed by atoms with Crippen LogP contribution < -0.4 is 11.1 Å². The molecule has 0 radical (unpaired) electrons. The maximum atomic E-state index is 12.6. The van der Waals surface area contributed by atoms with Crippen LogP contribution in [-0.2, 0) is 11.2 Å². The number of carboxylic acids is 1. The highest BCUT2D eigenvalue weighted by atomic mass is 16.4. The molecule has 0 amide bonds. The largest absolute Gasteiger partial charge is 0.481 e. The number of allylic oxidation sites excluding steroid dienone is 3. The average Bonchev–Trinajstić information content (AvgIpc) is 2.92. The molecule has 0 spiro atoms. The second-order valence-electron chi connectivity index (χ2n) is 12.3. The zero-order valence-corrected chi connectivity index (χ0v) is 24.4. The zero-order chi connectivity index (χ0) is 28.1. The zero-order valence-electron chi connectivity index (χ0n) is 24.4. The lowest BCUT2D eigenvalue weighted by molar-refractivity contribution is -0.152. The molecule has 2 aliphatic carbocycles. The number of hydrogen-bond donors (Lipinski definition) is 4. The molecule has 1 saturated carbocycles. The van der Waals surface area contributed by atoms with Crippen molar-refractivity contribution in [3.63, 3.8) is 0 Å². The Morgan fingerprint density at radius 1 is 1.13 bits per heavy atom. The van der Waals surface area contributed by atoms with Crippen LogP contribution in [0.4, 0.5) is 0 Å². The minimum Gasteiger partial charge on any atom is -0.481 e. The molecule has 0 bridgehead atoms. The van der Waals surface area contributed by atoms with Gasteiger partial charge in [-0.1, -0.05) is 86.7 Å². The van der Waals surface area contributed by atoms with Crippen LogP contribution in [0.1, 0.15) is 83.1 Å². The Balaban J connectivity index is 1.78. The van der Waals surface area contributed by atoms with Gasteiger partial charge in [0.05, 0.1) is 12.0 Å². The van der Waals surface area contributed by atoms with Crippen molar-refractivity contribution in [3.05, 3.63) is 60.2 Å². The lowest BCUT2D eigenvalue weighted by atomic mass is 9.54. The summed E-state index contributed by atoms with van der Waals surface area (Å²) in [6, 6.07) is 10.3. The number of carbonyl (C=O) groups is 1. The molecule has 0 saturated heterocycles. The number of aliphatic carboxylic acids is 1. The number of nitrogens with two attached hydrogens (primary N) is 1. The Hall–Kier alpha value is -1.95. The number of rotatable bonds is 16. The van der Waals surface area contributed by atoms with Crippen molar-refractivity contribution in [3.8, 4) is 0 Å². The summed E-state index contributed by atoms with van der Waals surface area (Å²) in [6.45, 7) is 2.92. The predicted molar refractivity (Wildman–Crippen MR) is 161 cm³/mol. The summed E-state index contributed by atoms with van der Waals surface area (Å²) in [5, 5.41) is 24.5. The normalized spacial score (nSPS) is 27.5. The molecule has 218 valence electrons. The quantitative estimate of drug-likeness (QED) is 0.145. The molecule has 0 heterocycles. The molecule has 0 aromatic heterocycles. The van der Waals surface area contributed by atoms with Crippen LogP contribution in [0.2, 0.25) is 0 Å². The molecule has 5 nitrogen and oxygen atoms in total. The third kappa shape index (κ3) is 9.03. The van der Waals surface area contributed by atoms with E-state index in [0.29, 0.717) is 6.54 Å². The lowest BCUT2D eigenvalue weighted by Crippen LogP contribution is -2.52. The number of aliphatic hydroxyl groups is 1. The first-order chi connectivity index (χ1) is 18.9. The van der Waals surface area contributed by atoms with Crippen LogP contribution in [0.3, 0.4) is 0 Å². The maximum absolute atomic E-state index is 12.6. The highest BCUT2D eigenvalue weighted by Crippen LogP contribution is 2.51. The molecule has 1 aromatic carbocycles. The van der Waals surface area contributed by atoms with Crippen LogP contribution in [0.25, 0.3) is 0 Å². The topological polar surface area (TPSA) is 95.6 Å². The molecule has 1 aromatic rings. The minimum absolute atomic E-state index is 0.0318. The van der Waals surface area contributed by atoms with Crippen molar-refractivity contribution in [2.75, 3.05) is 20.1 Å². The Kier molecular flexibility index (Phi) is 13.2. The molecular weight excluding hydrogens is 484 g/mol. The fourth-order valence-electron chi connectivity index (χ4n) is 7.68. The smallest absolute Gasteiger partial charge is 0.309 e. The monoisotopic (exact) mass is 538 g/mol. The fraction of sp³-hybridized carbons (Fsp3) is 0.676. The summed E-state index contributed by atoms with van der Waals surface area (Å²) in [5.74, 6) is -0.927. The Morgan fingerprint density at radius 2 is 1.85 bits per heavy atom. The highest BCUT2D eigenvalue weighted by Gasteiger charge is 2.50. The Bertz CT molecular complexity index is 893. The van der Waals surface area contributed by atoms with Gasteiger partial charge in [-0.05, 0) is 94.7 Å².